The number of sulfonamides is 1. The van der Waals surface area contributed by atoms with Gasteiger partial charge in [-0.05, 0) is 24.6 Å². The first kappa shape index (κ1) is 17.7. The number of ether oxygens (including phenoxy) is 1. The maximum Gasteiger partial charge on any atom is 0.340 e. The number of primary sulfonamides is 1. The Morgan fingerprint density at radius 2 is 1.87 bits per heavy atom. The highest BCUT2D eigenvalue weighted by Gasteiger charge is 2.20. The third kappa shape index (κ3) is 4.45. The van der Waals surface area contributed by atoms with Crippen LogP contribution in [0.1, 0.15) is 21.5 Å². The van der Waals surface area contributed by atoms with Gasteiger partial charge in [-0.25, -0.2) is 18.4 Å². The van der Waals surface area contributed by atoms with E-state index < -0.39 is 16.0 Å². The van der Waals surface area contributed by atoms with E-state index in [1.165, 1.54) is 0 Å². The number of nitrogens with two attached hydrogens (primary N) is 1. The zero-order chi connectivity index (χ0) is 17.2. The van der Waals surface area contributed by atoms with Crippen LogP contribution in [-0.2, 0) is 21.4 Å². The summed E-state index contributed by atoms with van der Waals surface area (Å²) in [5, 5.41) is 4.87. The van der Waals surface area contributed by atoms with Crippen molar-refractivity contribution in [3.05, 3.63) is 63.1 Å². The van der Waals surface area contributed by atoms with Crippen LogP contribution in [0.3, 0.4) is 0 Å². The lowest BCUT2D eigenvalue weighted by molar-refractivity contribution is 0.0472. The molecular weight excluding hydrogens is 361 g/mol. The van der Waals surface area contributed by atoms with Gasteiger partial charge >= 0.3 is 5.97 Å². The second-order valence-electron chi connectivity index (χ2n) is 4.87. The van der Waals surface area contributed by atoms with Crippen LogP contribution in [0.25, 0.3) is 0 Å². The monoisotopic (exact) mass is 373 g/mol. The molecule has 23 heavy (non-hydrogen) atoms. The molecule has 122 valence electrons. The van der Waals surface area contributed by atoms with Gasteiger partial charge in [-0.1, -0.05) is 53.0 Å². The van der Waals surface area contributed by atoms with Gasteiger partial charge in [-0.15, -0.1) is 0 Å². The van der Waals surface area contributed by atoms with Crippen LogP contribution in [-0.4, -0.2) is 14.4 Å². The highest BCUT2D eigenvalue weighted by Crippen LogP contribution is 2.28. The first-order valence-corrected chi connectivity index (χ1v) is 8.73. The lowest BCUT2D eigenvalue weighted by atomic mass is 10.1. The van der Waals surface area contributed by atoms with E-state index in [4.69, 9.17) is 33.1 Å². The van der Waals surface area contributed by atoms with Gasteiger partial charge in [0.15, 0.2) is 0 Å². The molecule has 2 aromatic carbocycles. The van der Waals surface area contributed by atoms with Gasteiger partial charge < -0.3 is 4.74 Å². The predicted octanol–water partition coefficient (Wildman–Crippen LogP) is 3.31. The molecule has 0 heterocycles. The van der Waals surface area contributed by atoms with Gasteiger partial charge in [0.25, 0.3) is 0 Å². The zero-order valence-electron chi connectivity index (χ0n) is 12.0. The summed E-state index contributed by atoms with van der Waals surface area (Å²) in [7, 11) is -4.08. The smallest absolute Gasteiger partial charge is 0.340 e. The number of benzene rings is 2. The Hall–Kier alpha value is -1.60. The fourth-order valence-electron chi connectivity index (χ4n) is 1.93. The summed E-state index contributed by atoms with van der Waals surface area (Å²) in [6.07, 6.45) is 0. The average Bonchev–Trinajstić information content (AvgIpc) is 2.43. The van der Waals surface area contributed by atoms with Crippen molar-refractivity contribution in [2.45, 2.75) is 18.4 Å². The van der Waals surface area contributed by atoms with Gasteiger partial charge in [-0.3, -0.25) is 0 Å². The number of halogens is 2. The minimum Gasteiger partial charge on any atom is -0.457 e. The van der Waals surface area contributed by atoms with Gasteiger partial charge in [0, 0.05) is 0 Å². The average molecular weight is 374 g/mol. The molecule has 0 atom stereocenters. The van der Waals surface area contributed by atoms with E-state index in [9.17, 15) is 13.2 Å². The fourth-order valence-corrected chi connectivity index (χ4v) is 3.33. The van der Waals surface area contributed by atoms with Crippen molar-refractivity contribution >= 4 is 39.2 Å². The molecule has 0 aromatic heterocycles. The van der Waals surface area contributed by atoms with E-state index in [2.05, 4.69) is 0 Å². The Morgan fingerprint density at radius 3 is 2.48 bits per heavy atom. The van der Waals surface area contributed by atoms with Gasteiger partial charge in [0.1, 0.15) is 11.5 Å². The Labute approximate surface area is 144 Å². The lowest BCUT2D eigenvalue weighted by Crippen LogP contribution is -2.15. The van der Waals surface area contributed by atoms with Crippen LogP contribution in [0, 0.1) is 6.92 Å². The molecule has 2 rings (SSSR count). The first-order chi connectivity index (χ1) is 10.7. The molecule has 0 bridgehead atoms. The third-order valence-corrected chi connectivity index (χ3v) is 4.69. The summed E-state index contributed by atoms with van der Waals surface area (Å²) in [4.78, 5) is 11.7. The molecule has 0 aliphatic heterocycles. The molecule has 5 nitrogen and oxygen atoms in total. The minimum absolute atomic E-state index is 0.0170. The fraction of sp³-hybridized carbons (Fsp3) is 0.133. The first-order valence-electron chi connectivity index (χ1n) is 6.43. The Balaban J connectivity index is 2.26. The van der Waals surface area contributed by atoms with E-state index in [-0.39, 0.29) is 27.1 Å². The van der Waals surface area contributed by atoms with Crippen molar-refractivity contribution in [2.75, 3.05) is 0 Å². The van der Waals surface area contributed by atoms with E-state index in [1.807, 2.05) is 25.1 Å². The largest absolute Gasteiger partial charge is 0.457 e. The summed E-state index contributed by atoms with van der Waals surface area (Å²) in [5.41, 5.74) is 1.71. The zero-order valence-corrected chi connectivity index (χ0v) is 14.4. The summed E-state index contributed by atoms with van der Waals surface area (Å²) in [5.74, 6) is -0.766. The predicted molar refractivity (Wildman–Crippen MR) is 88.1 cm³/mol. The number of rotatable bonds is 4. The van der Waals surface area contributed by atoms with E-state index >= 15 is 0 Å². The standard InChI is InChI=1S/C15H13Cl2NO4S/c1-9-3-2-4-10(5-9)8-22-15(19)11-6-14(23(18,20)21)13(17)7-12(11)16/h2-7H,8H2,1H3,(H2,18,20,21). The van der Waals surface area contributed by atoms with Crippen LogP contribution in [0.5, 0.6) is 0 Å². The molecule has 2 aromatic rings. The van der Waals surface area contributed by atoms with Crippen molar-refractivity contribution in [2.24, 2.45) is 5.14 Å². The van der Waals surface area contributed by atoms with Crippen LogP contribution in [0.15, 0.2) is 41.3 Å². The van der Waals surface area contributed by atoms with Gasteiger partial charge in [-0.2, -0.15) is 0 Å². The van der Waals surface area contributed by atoms with Crippen LogP contribution < -0.4 is 5.14 Å². The van der Waals surface area contributed by atoms with Crippen molar-refractivity contribution in [3.8, 4) is 0 Å². The summed E-state index contributed by atoms with van der Waals surface area (Å²) in [6.45, 7) is 1.95. The van der Waals surface area contributed by atoms with Crippen molar-refractivity contribution < 1.29 is 17.9 Å². The van der Waals surface area contributed by atoms with E-state index in [1.54, 1.807) is 6.07 Å². The van der Waals surface area contributed by atoms with Crippen LogP contribution in [0.4, 0.5) is 0 Å². The Kier molecular flexibility index (Phi) is 5.31. The highest BCUT2D eigenvalue weighted by molar-refractivity contribution is 7.89. The molecule has 0 unspecified atom stereocenters. The number of aryl methyl sites for hydroxylation is 1. The van der Waals surface area contributed by atoms with E-state index in [0.29, 0.717) is 0 Å². The van der Waals surface area contributed by atoms with Crippen LogP contribution >= 0.6 is 23.2 Å². The van der Waals surface area contributed by atoms with E-state index in [0.717, 1.165) is 23.3 Å². The van der Waals surface area contributed by atoms with Crippen molar-refractivity contribution in [1.29, 1.82) is 0 Å². The lowest BCUT2D eigenvalue weighted by Gasteiger charge is -2.09. The molecular formula is C15H13Cl2NO4S. The third-order valence-electron chi connectivity index (χ3n) is 3.00. The number of hydrogen-bond donors (Lipinski definition) is 1. The molecule has 0 spiro atoms. The summed E-state index contributed by atoms with van der Waals surface area (Å²) < 4.78 is 28.1. The molecule has 0 amide bonds. The number of carbonyl (C=O) groups is 1. The molecule has 0 radical (unpaired) electrons. The SMILES string of the molecule is Cc1cccc(COC(=O)c2cc(S(N)(=O)=O)c(Cl)cc2Cl)c1. The molecule has 2 N–H and O–H groups in total. The number of carbonyl (C=O) groups excluding carboxylic acids is 1. The minimum atomic E-state index is -4.08. The normalized spacial score (nSPS) is 11.3. The molecule has 0 aliphatic carbocycles. The summed E-state index contributed by atoms with van der Waals surface area (Å²) in [6, 6.07) is 9.59. The van der Waals surface area contributed by atoms with Gasteiger partial charge in [0.2, 0.25) is 10.0 Å². The number of hydrogen-bond acceptors (Lipinski definition) is 4. The Morgan fingerprint density at radius 1 is 1.17 bits per heavy atom. The molecule has 0 saturated heterocycles. The van der Waals surface area contributed by atoms with Crippen LogP contribution in [0.2, 0.25) is 10.0 Å². The quantitative estimate of drug-likeness (QED) is 0.832. The Bertz CT molecular complexity index is 866. The molecule has 0 fully saturated rings. The second-order valence-corrected chi connectivity index (χ2v) is 7.22. The maximum absolute atomic E-state index is 12.1. The molecule has 8 heteroatoms. The molecule has 0 saturated carbocycles. The highest BCUT2D eigenvalue weighted by atomic mass is 35.5. The maximum atomic E-state index is 12.1. The van der Waals surface area contributed by atoms with Crippen molar-refractivity contribution in [1.82, 2.24) is 0 Å². The van der Waals surface area contributed by atoms with Crippen molar-refractivity contribution in [3.63, 3.8) is 0 Å². The topological polar surface area (TPSA) is 86.5 Å². The van der Waals surface area contributed by atoms with Gasteiger partial charge in [0.05, 0.1) is 15.6 Å². The molecule has 0 aliphatic rings. The number of esters is 1. The summed E-state index contributed by atoms with van der Waals surface area (Å²) >= 11 is 11.7. The second kappa shape index (κ2) is 6.88.